The molecule has 3 aromatic rings. The Morgan fingerprint density at radius 3 is 2.59 bits per heavy atom. The summed E-state index contributed by atoms with van der Waals surface area (Å²) in [5.74, 6) is 0.693. The van der Waals surface area contributed by atoms with Gasteiger partial charge in [0.05, 0.1) is 12.3 Å². The van der Waals surface area contributed by atoms with Crippen LogP contribution in [0.5, 0.6) is 0 Å². The molecular weight excluding hydrogens is 344 g/mol. The Bertz CT molecular complexity index is 960. The van der Waals surface area contributed by atoms with Crippen molar-refractivity contribution in [1.82, 2.24) is 20.2 Å². The fraction of sp³-hybridized carbons (Fsp3) is 0.250. The van der Waals surface area contributed by atoms with Gasteiger partial charge < -0.3 is 14.7 Å². The number of amides is 1. The van der Waals surface area contributed by atoms with Crippen molar-refractivity contribution in [3.63, 3.8) is 0 Å². The number of furan rings is 1. The molecule has 1 aromatic carbocycles. The molecular formula is C20H22N4O3. The first-order valence-corrected chi connectivity index (χ1v) is 8.60. The fourth-order valence-electron chi connectivity index (χ4n) is 2.72. The maximum Gasteiger partial charge on any atom is 0.264 e. The quantitative estimate of drug-likeness (QED) is 0.699. The highest BCUT2D eigenvalue weighted by Gasteiger charge is 2.19. The molecule has 0 unspecified atom stereocenters. The third-order valence-corrected chi connectivity index (χ3v) is 4.32. The third-order valence-electron chi connectivity index (χ3n) is 4.32. The number of nitrogens with one attached hydrogen (secondary N) is 2. The number of rotatable bonds is 6. The summed E-state index contributed by atoms with van der Waals surface area (Å²) in [7, 11) is 3.79. The molecule has 0 aliphatic carbocycles. The average Bonchev–Trinajstić information content (AvgIpc) is 3.16. The Morgan fingerprint density at radius 1 is 1.26 bits per heavy atom. The van der Waals surface area contributed by atoms with Crippen LogP contribution in [0.3, 0.4) is 0 Å². The summed E-state index contributed by atoms with van der Waals surface area (Å²) in [6.45, 7) is 2.29. The molecule has 0 fully saturated rings. The zero-order valence-corrected chi connectivity index (χ0v) is 15.5. The summed E-state index contributed by atoms with van der Waals surface area (Å²) < 4.78 is 5.42. The molecule has 140 valence electrons. The summed E-state index contributed by atoms with van der Waals surface area (Å²) in [6, 6.07) is 11.1. The molecule has 2 N–H and O–H groups in total. The zero-order chi connectivity index (χ0) is 19.4. The Kier molecular flexibility index (Phi) is 5.52. The second-order valence-corrected chi connectivity index (χ2v) is 6.55. The van der Waals surface area contributed by atoms with Gasteiger partial charge in [-0.25, -0.2) is 4.98 Å². The number of likely N-dealkylation sites (N-methyl/N-ethyl adjacent to an activating group) is 1. The van der Waals surface area contributed by atoms with Gasteiger partial charge in [0.1, 0.15) is 17.1 Å². The second-order valence-electron chi connectivity index (χ2n) is 6.55. The van der Waals surface area contributed by atoms with Crippen LogP contribution in [0.2, 0.25) is 0 Å². The van der Waals surface area contributed by atoms with Crippen LogP contribution in [0.25, 0.3) is 11.4 Å². The zero-order valence-electron chi connectivity index (χ0n) is 15.5. The number of hydrogen-bond acceptors (Lipinski definition) is 5. The highest BCUT2D eigenvalue weighted by atomic mass is 16.3. The number of nitrogens with zero attached hydrogens (tertiary/aromatic N) is 2. The minimum Gasteiger partial charge on any atom is -0.468 e. The first-order valence-electron chi connectivity index (χ1n) is 8.60. The summed E-state index contributed by atoms with van der Waals surface area (Å²) >= 11 is 0. The van der Waals surface area contributed by atoms with Crippen molar-refractivity contribution in [3.8, 4) is 11.4 Å². The molecule has 1 atom stereocenters. The summed E-state index contributed by atoms with van der Waals surface area (Å²) in [4.78, 5) is 33.6. The highest BCUT2D eigenvalue weighted by molar-refractivity contribution is 5.93. The standard InChI is InChI=1S/C20H22N4O3/c1-13-6-8-14(9-7-13)18-21-11-15(20(26)23-18)19(25)22-12-16(24(2)3)17-5-4-10-27-17/h4-11,16H,12H2,1-3H3,(H,22,25)(H,21,23,26)/t16-/m0/s1. The maximum absolute atomic E-state index is 12.4. The van der Waals surface area contributed by atoms with Crippen molar-refractivity contribution < 1.29 is 9.21 Å². The molecule has 0 aliphatic heterocycles. The van der Waals surface area contributed by atoms with E-state index in [0.29, 0.717) is 12.4 Å². The van der Waals surface area contributed by atoms with E-state index in [2.05, 4.69) is 15.3 Å². The molecule has 0 bridgehead atoms. The van der Waals surface area contributed by atoms with Gasteiger partial charge in [-0.05, 0) is 33.2 Å². The van der Waals surface area contributed by atoms with Gasteiger partial charge in [-0.3, -0.25) is 14.5 Å². The lowest BCUT2D eigenvalue weighted by molar-refractivity contribution is 0.0937. The monoisotopic (exact) mass is 366 g/mol. The Labute approximate surface area is 157 Å². The predicted molar refractivity (Wildman–Crippen MR) is 102 cm³/mol. The molecule has 7 heteroatoms. The van der Waals surface area contributed by atoms with E-state index < -0.39 is 11.5 Å². The summed E-state index contributed by atoms with van der Waals surface area (Å²) in [6.07, 6.45) is 2.90. The maximum atomic E-state index is 12.4. The first kappa shape index (κ1) is 18.6. The lowest BCUT2D eigenvalue weighted by Gasteiger charge is -2.22. The van der Waals surface area contributed by atoms with Gasteiger partial charge >= 0.3 is 0 Å². The normalized spacial score (nSPS) is 12.1. The topological polar surface area (TPSA) is 91.2 Å². The fourth-order valence-corrected chi connectivity index (χ4v) is 2.72. The van der Waals surface area contributed by atoms with Crippen molar-refractivity contribution in [2.45, 2.75) is 13.0 Å². The van der Waals surface area contributed by atoms with Crippen LogP contribution in [0.15, 0.2) is 58.1 Å². The number of hydrogen-bond donors (Lipinski definition) is 2. The van der Waals surface area contributed by atoms with Crippen LogP contribution >= 0.6 is 0 Å². The number of benzene rings is 1. The summed E-state index contributed by atoms with van der Waals surface area (Å²) in [5.41, 5.74) is 1.40. The Morgan fingerprint density at radius 2 is 2.00 bits per heavy atom. The highest BCUT2D eigenvalue weighted by Crippen LogP contribution is 2.18. The molecule has 27 heavy (non-hydrogen) atoms. The van der Waals surface area contributed by atoms with Crippen LogP contribution in [0, 0.1) is 6.92 Å². The molecule has 2 aromatic heterocycles. The number of aromatic amines is 1. The number of carbonyl (C=O) groups is 1. The van der Waals surface area contributed by atoms with Gasteiger partial charge in [0, 0.05) is 18.3 Å². The Hall–Kier alpha value is -3.19. The van der Waals surface area contributed by atoms with Crippen LogP contribution in [0.1, 0.15) is 27.7 Å². The van der Waals surface area contributed by atoms with Crippen LogP contribution in [-0.4, -0.2) is 41.4 Å². The Balaban J connectivity index is 1.73. The van der Waals surface area contributed by atoms with Gasteiger partial charge in [-0.1, -0.05) is 29.8 Å². The molecule has 0 saturated carbocycles. The van der Waals surface area contributed by atoms with E-state index >= 15 is 0 Å². The van der Waals surface area contributed by atoms with Crippen molar-refractivity contribution in [2.75, 3.05) is 20.6 Å². The van der Waals surface area contributed by atoms with Crippen molar-refractivity contribution in [2.24, 2.45) is 0 Å². The predicted octanol–water partition coefficient (Wildman–Crippen LogP) is 2.37. The molecule has 0 saturated heterocycles. The van der Waals surface area contributed by atoms with Crippen molar-refractivity contribution in [1.29, 1.82) is 0 Å². The van der Waals surface area contributed by atoms with Gasteiger partial charge in [0.15, 0.2) is 0 Å². The lowest BCUT2D eigenvalue weighted by Crippen LogP contribution is -2.36. The minimum absolute atomic E-state index is 0.0252. The van der Waals surface area contributed by atoms with Gasteiger partial charge in [-0.2, -0.15) is 0 Å². The number of aryl methyl sites for hydroxylation is 1. The van der Waals surface area contributed by atoms with E-state index in [9.17, 15) is 9.59 Å². The van der Waals surface area contributed by atoms with Crippen molar-refractivity contribution >= 4 is 5.91 Å². The molecule has 2 heterocycles. The van der Waals surface area contributed by atoms with E-state index in [1.54, 1.807) is 12.3 Å². The largest absolute Gasteiger partial charge is 0.468 e. The van der Waals surface area contributed by atoms with E-state index in [0.717, 1.165) is 16.9 Å². The molecule has 3 rings (SSSR count). The van der Waals surface area contributed by atoms with E-state index in [-0.39, 0.29) is 11.6 Å². The van der Waals surface area contributed by atoms with Crippen LogP contribution in [0.4, 0.5) is 0 Å². The van der Waals surface area contributed by atoms with E-state index in [4.69, 9.17) is 4.42 Å². The minimum atomic E-state index is -0.475. The van der Waals surface area contributed by atoms with Crippen molar-refractivity contribution in [3.05, 3.63) is 76.1 Å². The molecule has 0 spiro atoms. The molecule has 0 aliphatic rings. The number of H-pyrrole nitrogens is 1. The molecule has 1 amide bonds. The number of aromatic nitrogens is 2. The molecule has 7 nitrogen and oxygen atoms in total. The van der Waals surface area contributed by atoms with Crippen LogP contribution in [-0.2, 0) is 0 Å². The lowest BCUT2D eigenvalue weighted by atomic mass is 10.1. The smallest absolute Gasteiger partial charge is 0.264 e. The first-order chi connectivity index (χ1) is 13.0. The molecule has 0 radical (unpaired) electrons. The van der Waals surface area contributed by atoms with E-state index in [1.165, 1.54) is 6.20 Å². The number of carbonyl (C=O) groups excluding carboxylic acids is 1. The SMILES string of the molecule is Cc1ccc(-c2ncc(C(=O)NC[C@@H](c3ccco3)N(C)C)c(=O)[nH]2)cc1. The summed E-state index contributed by atoms with van der Waals surface area (Å²) in [5, 5.41) is 2.78. The third kappa shape index (κ3) is 4.32. The second kappa shape index (κ2) is 8.01. The van der Waals surface area contributed by atoms with Gasteiger partial charge in [0.2, 0.25) is 0 Å². The van der Waals surface area contributed by atoms with Gasteiger partial charge in [0.25, 0.3) is 11.5 Å². The van der Waals surface area contributed by atoms with E-state index in [1.807, 2.05) is 56.3 Å². The average molecular weight is 366 g/mol. The van der Waals surface area contributed by atoms with Crippen LogP contribution < -0.4 is 10.9 Å². The van der Waals surface area contributed by atoms with Gasteiger partial charge in [-0.15, -0.1) is 0 Å².